The van der Waals surface area contributed by atoms with Crippen LogP contribution in [0, 0.1) is 0 Å². The molecule has 0 bridgehead atoms. The van der Waals surface area contributed by atoms with Gasteiger partial charge in [-0.15, -0.1) is 0 Å². The molecule has 2 N–H and O–H groups in total. The quantitative estimate of drug-likeness (QED) is 0.791. The maximum absolute atomic E-state index is 11.9. The van der Waals surface area contributed by atoms with Crippen LogP contribution in [0.15, 0.2) is 24.5 Å². The number of pyridine rings is 1. The third-order valence-corrected chi connectivity index (χ3v) is 3.77. The molecular weight excluding hydrogens is 310 g/mol. The van der Waals surface area contributed by atoms with E-state index in [0.717, 1.165) is 25.0 Å². The number of amides is 1. The number of H-pyrrole nitrogens is 1. The van der Waals surface area contributed by atoms with Gasteiger partial charge in [-0.2, -0.15) is 5.10 Å². The molecule has 1 saturated heterocycles. The zero-order valence-corrected chi connectivity index (χ0v) is 13.6. The number of aromatic nitrogens is 4. The van der Waals surface area contributed by atoms with Gasteiger partial charge in [0.05, 0.1) is 18.8 Å². The van der Waals surface area contributed by atoms with Crippen molar-refractivity contribution < 1.29 is 14.3 Å². The monoisotopic (exact) mass is 331 g/mol. The number of aromatic amines is 1. The van der Waals surface area contributed by atoms with E-state index in [1.807, 2.05) is 19.1 Å². The Balaban J connectivity index is 1.46. The molecule has 0 spiro atoms. The summed E-state index contributed by atoms with van der Waals surface area (Å²) in [5.74, 6) is 0.940. The molecule has 0 saturated carbocycles. The Bertz CT molecular complexity index is 655. The minimum absolute atomic E-state index is 0.00774. The number of ether oxygens (including phenoxy) is 2. The van der Waals surface area contributed by atoms with Gasteiger partial charge in [0.1, 0.15) is 12.4 Å². The highest BCUT2D eigenvalue weighted by atomic mass is 16.5. The first kappa shape index (κ1) is 16.5. The minimum Gasteiger partial charge on any atom is -0.376 e. The highest BCUT2D eigenvalue weighted by Gasteiger charge is 2.18. The molecule has 3 heterocycles. The van der Waals surface area contributed by atoms with Crippen molar-refractivity contribution in [2.24, 2.45) is 0 Å². The lowest BCUT2D eigenvalue weighted by molar-refractivity contribution is -0.127. The van der Waals surface area contributed by atoms with Crippen molar-refractivity contribution in [2.45, 2.75) is 31.9 Å². The first-order chi connectivity index (χ1) is 11.7. The van der Waals surface area contributed by atoms with Crippen LogP contribution in [0.5, 0.6) is 0 Å². The standard InChI is InChI=1S/C16H21N5O3/c1-11(18-14(22)10-23-9-13-5-3-7-24-13)15-19-16(21-20-15)12-4-2-6-17-8-12/h2,4,6,8,11,13H,3,5,7,9-10H2,1H3,(H,18,22)(H,19,20,21). The van der Waals surface area contributed by atoms with Gasteiger partial charge in [0, 0.05) is 24.6 Å². The first-order valence-corrected chi connectivity index (χ1v) is 8.04. The third-order valence-electron chi connectivity index (χ3n) is 3.77. The van der Waals surface area contributed by atoms with E-state index in [1.165, 1.54) is 0 Å². The molecule has 1 aliphatic rings. The Morgan fingerprint density at radius 2 is 2.50 bits per heavy atom. The molecule has 3 rings (SSSR count). The van der Waals surface area contributed by atoms with Crippen LogP contribution in [0.25, 0.3) is 11.4 Å². The van der Waals surface area contributed by atoms with Gasteiger partial charge in [-0.05, 0) is 31.9 Å². The van der Waals surface area contributed by atoms with Gasteiger partial charge in [-0.25, -0.2) is 4.98 Å². The van der Waals surface area contributed by atoms with Crippen LogP contribution >= 0.6 is 0 Å². The molecule has 2 atom stereocenters. The number of nitrogens with zero attached hydrogens (tertiary/aromatic N) is 3. The molecule has 2 aromatic heterocycles. The van der Waals surface area contributed by atoms with E-state index in [1.54, 1.807) is 12.4 Å². The van der Waals surface area contributed by atoms with Gasteiger partial charge in [0.25, 0.3) is 0 Å². The molecule has 0 aliphatic carbocycles. The molecule has 128 valence electrons. The van der Waals surface area contributed by atoms with Gasteiger partial charge < -0.3 is 14.8 Å². The van der Waals surface area contributed by atoms with Gasteiger partial charge in [0.2, 0.25) is 5.91 Å². The van der Waals surface area contributed by atoms with Gasteiger partial charge >= 0.3 is 0 Å². The number of carbonyl (C=O) groups is 1. The zero-order chi connectivity index (χ0) is 16.8. The van der Waals surface area contributed by atoms with E-state index >= 15 is 0 Å². The molecule has 0 radical (unpaired) electrons. The second-order valence-electron chi connectivity index (χ2n) is 5.73. The summed E-state index contributed by atoms with van der Waals surface area (Å²) in [6, 6.07) is 3.41. The van der Waals surface area contributed by atoms with Crippen LogP contribution in [0.1, 0.15) is 31.6 Å². The lowest BCUT2D eigenvalue weighted by Crippen LogP contribution is -2.31. The van der Waals surface area contributed by atoms with Crippen molar-refractivity contribution >= 4 is 5.91 Å². The molecule has 0 aromatic carbocycles. The van der Waals surface area contributed by atoms with E-state index in [-0.39, 0.29) is 24.7 Å². The van der Waals surface area contributed by atoms with Crippen LogP contribution in [-0.2, 0) is 14.3 Å². The van der Waals surface area contributed by atoms with E-state index in [2.05, 4.69) is 25.5 Å². The third kappa shape index (κ3) is 4.36. The van der Waals surface area contributed by atoms with Crippen LogP contribution in [0.2, 0.25) is 0 Å². The molecule has 2 aromatic rings. The Morgan fingerprint density at radius 1 is 1.58 bits per heavy atom. The average molecular weight is 331 g/mol. The molecular formula is C16H21N5O3. The summed E-state index contributed by atoms with van der Waals surface area (Å²) in [6.07, 6.45) is 5.55. The van der Waals surface area contributed by atoms with Crippen molar-refractivity contribution in [2.75, 3.05) is 19.8 Å². The second kappa shape index (κ2) is 7.98. The summed E-state index contributed by atoms with van der Waals surface area (Å²) in [4.78, 5) is 20.4. The molecule has 2 unspecified atom stereocenters. The summed E-state index contributed by atoms with van der Waals surface area (Å²) >= 11 is 0. The minimum atomic E-state index is -0.290. The Morgan fingerprint density at radius 3 is 3.25 bits per heavy atom. The van der Waals surface area contributed by atoms with Gasteiger partial charge in [-0.3, -0.25) is 14.9 Å². The van der Waals surface area contributed by atoms with Crippen molar-refractivity contribution in [3.63, 3.8) is 0 Å². The van der Waals surface area contributed by atoms with E-state index in [0.29, 0.717) is 18.3 Å². The predicted octanol–water partition coefficient (Wildman–Crippen LogP) is 1.24. The molecule has 1 amide bonds. The summed E-state index contributed by atoms with van der Waals surface area (Å²) in [5.41, 5.74) is 0.818. The SMILES string of the molecule is CC(NC(=O)COCC1CCCO1)c1nc(-c2cccnc2)n[nH]1. The van der Waals surface area contributed by atoms with Crippen LogP contribution in [0.3, 0.4) is 0 Å². The fraction of sp³-hybridized carbons (Fsp3) is 0.500. The molecule has 1 fully saturated rings. The Hall–Kier alpha value is -2.32. The fourth-order valence-electron chi connectivity index (χ4n) is 2.50. The summed E-state index contributed by atoms with van der Waals surface area (Å²) in [5, 5.41) is 9.83. The van der Waals surface area contributed by atoms with Crippen molar-refractivity contribution in [3.8, 4) is 11.4 Å². The van der Waals surface area contributed by atoms with E-state index in [9.17, 15) is 4.79 Å². The lowest BCUT2D eigenvalue weighted by Gasteiger charge is -2.13. The molecule has 1 aliphatic heterocycles. The number of nitrogens with one attached hydrogen (secondary N) is 2. The maximum atomic E-state index is 11.9. The molecule has 8 heteroatoms. The highest BCUT2D eigenvalue weighted by Crippen LogP contribution is 2.15. The van der Waals surface area contributed by atoms with E-state index < -0.39 is 0 Å². The Kier molecular flexibility index (Phi) is 5.50. The number of hydrogen-bond donors (Lipinski definition) is 2. The normalized spacial score (nSPS) is 18.5. The largest absolute Gasteiger partial charge is 0.376 e. The lowest BCUT2D eigenvalue weighted by atomic mass is 10.2. The van der Waals surface area contributed by atoms with Crippen LogP contribution < -0.4 is 5.32 Å². The smallest absolute Gasteiger partial charge is 0.246 e. The van der Waals surface area contributed by atoms with Crippen molar-refractivity contribution in [1.29, 1.82) is 0 Å². The van der Waals surface area contributed by atoms with Crippen LogP contribution in [-0.4, -0.2) is 52.0 Å². The topological polar surface area (TPSA) is 102 Å². The molecule has 8 nitrogen and oxygen atoms in total. The van der Waals surface area contributed by atoms with Crippen LogP contribution in [0.4, 0.5) is 0 Å². The fourth-order valence-corrected chi connectivity index (χ4v) is 2.50. The second-order valence-corrected chi connectivity index (χ2v) is 5.73. The van der Waals surface area contributed by atoms with Gasteiger partial charge in [0.15, 0.2) is 5.82 Å². The predicted molar refractivity (Wildman–Crippen MR) is 86.0 cm³/mol. The summed E-state index contributed by atoms with van der Waals surface area (Å²) in [6.45, 7) is 3.08. The number of carbonyl (C=O) groups excluding carboxylic acids is 1. The van der Waals surface area contributed by atoms with Gasteiger partial charge in [-0.1, -0.05) is 0 Å². The highest BCUT2D eigenvalue weighted by molar-refractivity contribution is 5.77. The summed E-state index contributed by atoms with van der Waals surface area (Å²) in [7, 11) is 0. The number of rotatable bonds is 7. The average Bonchev–Trinajstić information content (AvgIpc) is 3.27. The number of hydrogen-bond acceptors (Lipinski definition) is 6. The van der Waals surface area contributed by atoms with Crippen molar-refractivity contribution in [3.05, 3.63) is 30.4 Å². The Labute approximate surface area is 140 Å². The first-order valence-electron chi connectivity index (χ1n) is 8.04. The van der Waals surface area contributed by atoms with E-state index in [4.69, 9.17) is 9.47 Å². The summed E-state index contributed by atoms with van der Waals surface area (Å²) < 4.78 is 10.8. The maximum Gasteiger partial charge on any atom is 0.246 e. The van der Waals surface area contributed by atoms with Crippen molar-refractivity contribution in [1.82, 2.24) is 25.5 Å². The molecule has 24 heavy (non-hydrogen) atoms. The zero-order valence-electron chi connectivity index (χ0n) is 13.6.